The topological polar surface area (TPSA) is 38.8 Å². The van der Waals surface area contributed by atoms with E-state index in [0.717, 1.165) is 22.4 Å². The highest BCUT2D eigenvalue weighted by atomic mass is 16.6. The highest BCUT2D eigenvalue weighted by Gasteiger charge is 2.35. The highest BCUT2D eigenvalue weighted by Crippen LogP contribution is 2.41. The number of hydrogen-bond donors (Lipinski definition) is 0. The van der Waals surface area contributed by atoms with E-state index in [9.17, 15) is 4.79 Å². The van der Waals surface area contributed by atoms with Crippen LogP contribution in [0.4, 0.5) is 5.69 Å². The molecule has 0 fully saturated rings. The van der Waals surface area contributed by atoms with Gasteiger partial charge in [0.2, 0.25) is 6.23 Å². The Morgan fingerprint density at radius 3 is 2.39 bits per heavy atom. The number of methoxy groups -OCH3 is 1. The van der Waals surface area contributed by atoms with Crippen molar-refractivity contribution in [2.75, 3.05) is 19.1 Å². The fourth-order valence-electron chi connectivity index (χ4n) is 3.39. The number of hydrogen-bond acceptors (Lipinski definition) is 4. The molecule has 0 bridgehead atoms. The van der Waals surface area contributed by atoms with E-state index >= 15 is 0 Å². The van der Waals surface area contributed by atoms with E-state index in [1.807, 2.05) is 24.1 Å². The molecule has 0 saturated carbocycles. The standard InChI is InChI=1S/C19H21NO3/c1-11-9-12(2)16(13(3)10-11)18-20(4)14-7-6-8-15(22-5)17(14)19(21)23-18/h6-10,18H,1-5H3. The fourth-order valence-corrected chi connectivity index (χ4v) is 3.39. The number of anilines is 1. The van der Waals surface area contributed by atoms with Gasteiger partial charge >= 0.3 is 5.97 Å². The van der Waals surface area contributed by atoms with E-state index in [2.05, 4.69) is 32.9 Å². The van der Waals surface area contributed by atoms with Crippen LogP contribution >= 0.6 is 0 Å². The minimum absolute atomic E-state index is 0.347. The Morgan fingerprint density at radius 1 is 1.13 bits per heavy atom. The third-order valence-electron chi connectivity index (χ3n) is 4.36. The predicted molar refractivity (Wildman–Crippen MR) is 90.2 cm³/mol. The molecule has 120 valence electrons. The monoisotopic (exact) mass is 311 g/mol. The molecule has 0 N–H and O–H groups in total. The molecule has 2 aromatic rings. The zero-order chi connectivity index (χ0) is 16.7. The number of rotatable bonds is 2. The molecule has 1 aliphatic rings. The molecule has 0 saturated heterocycles. The smallest absolute Gasteiger partial charge is 0.346 e. The maximum absolute atomic E-state index is 12.6. The molecule has 0 amide bonds. The first-order chi connectivity index (χ1) is 10.9. The van der Waals surface area contributed by atoms with Crippen molar-refractivity contribution in [3.8, 4) is 5.75 Å². The maximum Gasteiger partial charge on any atom is 0.346 e. The summed E-state index contributed by atoms with van der Waals surface area (Å²) in [5, 5.41) is 0. The van der Waals surface area contributed by atoms with Crippen molar-refractivity contribution in [3.63, 3.8) is 0 Å². The summed E-state index contributed by atoms with van der Waals surface area (Å²) in [6.45, 7) is 6.18. The minimum atomic E-state index is -0.428. The largest absolute Gasteiger partial charge is 0.496 e. The lowest BCUT2D eigenvalue weighted by atomic mass is 9.96. The van der Waals surface area contributed by atoms with Crippen LogP contribution in [0.25, 0.3) is 0 Å². The van der Waals surface area contributed by atoms with E-state index in [1.165, 1.54) is 5.56 Å². The van der Waals surface area contributed by atoms with E-state index < -0.39 is 6.23 Å². The summed E-state index contributed by atoms with van der Waals surface area (Å²) in [5.41, 5.74) is 5.80. The van der Waals surface area contributed by atoms with Gasteiger partial charge in [0.05, 0.1) is 12.8 Å². The van der Waals surface area contributed by atoms with Gasteiger partial charge in [0.1, 0.15) is 11.3 Å². The second-order valence-electron chi connectivity index (χ2n) is 6.04. The Bertz CT molecular complexity index is 759. The first-order valence-corrected chi connectivity index (χ1v) is 7.62. The van der Waals surface area contributed by atoms with Gasteiger partial charge in [-0.1, -0.05) is 23.8 Å². The van der Waals surface area contributed by atoms with Gasteiger partial charge in [-0.25, -0.2) is 4.79 Å². The highest BCUT2D eigenvalue weighted by molar-refractivity contribution is 6.00. The third kappa shape index (κ3) is 2.44. The second kappa shape index (κ2) is 5.61. The van der Waals surface area contributed by atoms with Gasteiger partial charge in [-0.3, -0.25) is 0 Å². The molecule has 0 spiro atoms. The van der Waals surface area contributed by atoms with Gasteiger partial charge in [-0.15, -0.1) is 0 Å². The molecular weight excluding hydrogens is 290 g/mol. The van der Waals surface area contributed by atoms with Crippen LogP contribution in [0.1, 0.15) is 38.8 Å². The van der Waals surface area contributed by atoms with E-state index in [4.69, 9.17) is 9.47 Å². The van der Waals surface area contributed by atoms with Gasteiger partial charge in [0, 0.05) is 12.6 Å². The van der Waals surface area contributed by atoms with Crippen LogP contribution in [0.2, 0.25) is 0 Å². The second-order valence-corrected chi connectivity index (χ2v) is 6.04. The summed E-state index contributed by atoms with van der Waals surface area (Å²) in [7, 11) is 3.50. The van der Waals surface area contributed by atoms with Gasteiger partial charge in [0.15, 0.2) is 0 Å². The number of ether oxygens (including phenoxy) is 2. The molecule has 4 nitrogen and oxygen atoms in total. The number of cyclic esters (lactones) is 1. The van der Waals surface area contributed by atoms with Crippen LogP contribution < -0.4 is 9.64 Å². The molecule has 2 aromatic carbocycles. The van der Waals surface area contributed by atoms with Gasteiger partial charge in [-0.05, 0) is 44.0 Å². The number of benzene rings is 2. The van der Waals surface area contributed by atoms with Crippen LogP contribution in [0, 0.1) is 20.8 Å². The third-order valence-corrected chi connectivity index (χ3v) is 4.36. The van der Waals surface area contributed by atoms with Crippen molar-refractivity contribution in [2.45, 2.75) is 27.0 Å². The number of carbonyl (C=O) groups is 1. The molecule has 23 heavy (non-hydrogen) atoms. The summed E-state index contributed by atoms with van der Waals surface area (Å²) in [4.78, 5) is 14.5. The van der Waals surface area contributed by atoms with Crippen LogP contribution in [0.15, 0.2) is 30.3 Å². The Morgan fingerprint density at radius 2 is 1.78 bits per heavy atom. The molecular formula is C19H21NO3. The van der Waals surface area contributed by atoms with Crippen LogP contribution in [0.3, 0.4) is 0 Å². The van der Waals surface area contributed by atoms with E-state index in [0.29, 0.717) is 11.3 Å². The molecule has 1 heterocycles. The number of nitrogens with zero attached hydrogens (tertiary/aromatic N) is 1. The van der Waals surface area contributed by atoms with Crippen LogP contribution in [0.5, 0.6) is 5.75 Å². The zero-order valence-corrected chi connectivity index (χ0v) is 14.1. The SMILES string of the molecule is COc1cccc2c1C(=O)OC(c1c(C)cc(C)cc1C)N2C. The lowest BCUT2D eigenvalue weighted by molar-refractivity contribution is 0.0256. The first kappa shape index (κ1) is 15.4. The van der Waals surface area contributed by atoms with Crippen LogP contribution in [-0.4, -0.2) is 20.1 Å². The van der Waals surface area contributed by atoms with Crippen molar-refractivity contribution in [3.05, 3.63) is 58.1 Å². The summed E-state index contributed by atoms with van der Waals surface area (Å²) < 4.78 is 11.1. The number of carbonyl (C=O) groups excluding carboxylic acids is 1. The molecule has 0 aliphatic carbocycles. The average molecular weight is 311 g/mol. The normalized spacial score (nSPS) is 16.8. The maximum atomic E-state index is 12.6. The molecule has 1 aliphatic heterocycles. The van der Waals surface area contributed by atoms with Crippen molar-refractivity contribution < 1.29 is 14.3 Å². The minimum Gasteiger partial charge on any atom is -0.496 e. The van der Waals surface area contributed by atoms with Gasteiger partial charge in [0.25, 0.3) is 0 Å². The summed E-state index contributed by atoms with van der Waals surface area (Å²) in [6, 6.07) is 9.82. The molecule has 3 rings (SSSR count). The summed E-state index contributed by atoms with van der Waals surface area (Å²) in [5.74, 6) is 0.190. The quantitative estimate of drug-likeness (QED) is 0.788. The first-order valence-electron chi connectivity index (χ1n) is 7.62. The predicted octanol–water partition coefficient (Wildman–Crippen LogP) is 3.93. The molecule has 1 atom stereocenters. The zero-order valence-electron chi connectivity index (χ0n) is 14.1. The van der Waals surface area contributed by atoms with Gasteiger partial charge in [-0.2, -0.15) is 0 Å². The number of aryl methyl sites for hydroxylation is 3. The summed E-state index contributed by atoms with van der Waals surface area (Å²) in [6.07, 6.45) is -0.428. The lowest BCUT2D eigenvalue weighted by Crippen LogP contribution is -2.35. The van der Waals surface area contributed by atoms with Crippen molar-refractivity contribution in [1.82, 2.24) is 0 Å². The Balaban J connectivity index is 2.13. The van der Waals surface area contributed by atoms with Gasteiger partial charge < -0.3 is 14.4 Å². The van der Waals surface area contributed by atoms with Crippen molar-refractivity contribution in [1.29, 1.82) is 0 Å². The number of fused-ring (bicyclic) bond motifs is 1. The summed E-state index contributed by atoms with van der Waals surface area (Å²) >= 11 is 0. The Hall–Kier alpha value is -2.49. The molecule has 1 unspecified atom stereocenters. The lowest BCUT2D eigenvalue weighted by Gasteiger charge is -2.37. The Labute approximate surface area is 136 Å². The van der Waals surface area contributed by atoms with E-state index in [-0.39, 0.29) is 5.97 Å². The Kier molecular flexibility index (Phi) is 3.76. The van der Waals surface area contributed by atoms with Crippen molar-refractivity contribution in [2.24, 2.45) is 0 Å². The molecule has 0 aromatic heterocycles. The average Bonchev–Trinajstić information content (AvgIpc) is 2.50. The number of esters is 1. The molecule has 0 radical (unpaired) electrons. The van der Waals surface area contributed by atoms with Crippen LogP contribution in [-0.2, 0) is 4.74 Å². The molecule has 4 heteroatoms. The van der Waals surface area contributed by atoms with Crippen molar-refractivity contribution >= 4 is 11.7 Å². The van der Waals surface area contributed by atoms with E-state index in [1.54, 1.807) is 13.2 Å². The fraction of sp³-hybridized carbons (Fsp3) is 0.316.